The Morgan fingerprint density at radius 1 is 1.57 bits per heavy atom. The third-order valence-corrected chi connectivity index (χ3v) is 2.42. The van der Waals surface area contributed by atoms with Crippen LogP contribution in [0.5, 0.6) is 5.75 Å². The Hall–Kier alpha value is -0.900. The number of halogens is 2. The van der Waals surface area contributed by atoms with Gasteiger partial charge in [-0.3, -0.25) is 4.79 Å². The van der Waals surface area contributed by atoms with Gasteiger partial charge in [-0.25, -0.2) is 4.39 Å². The van der Waals surface area contributed by atoms with E-state index < -0.39 is 11.9 Å². The Bertz CT molecular complexity index is 352. The molecule has 0 spiro atoms. The molecule has 1 aromatic rings. The Kier molecular flexibility index (Phi) is 3.63. The summed E-state index contributed by atoms with van der Waals surface area (Å²) in [6.07, 6.45) is -0.546. The molecule has 14 heavy (non-hydrogen) atoms. The number of carbonyl (C=O) groups excluding carboxylic acids is 1. The topological polar surface area (TPSA) is 26.3 Å². The molecule has 0 aliphatic carbocycles. The van der Waals surface area contributed by atoms with Crippen molar-refractivity contribution in [2.45, 2.75) is 20.0 Å². The van der Waals surface area contributed by atoms with Crippen molar-refractivity contribution >= 4 is 21.7 Å². The largest absolute Gasteiger partial charge is 0.483 e. The van der Waals surface area contributed by atoms with Crippen LogP contribution in [0.3, 0.4) is 0 Å². The number of ether oxygens (including phenoxy) is 1. The van der Waals surface area contributed by atoms with Gasteiger partial charge in [-0.1, -0.05) is 0 Å². The first-order chi connectivity index (χ1) is 6.50. The molecular formula is C10H10BrFO2. The van der Waals surface area contributed by atoms with Crippen LogP contribution >= 0.6 is 15.9 Å². The predicted octanol–water partition coefficient (Wildman–Crippen LogP) is 2.94. The van der Waals surface area contributed by atoms with Gasteiger partial charge in [0.1, 0.15) is 11.6 Å². The Balaban J connectivity index is 2.78. The molecule has 0 N–H and O–H groups in total. The van der Waals surface area contributed by atoms with Crippen molar-refractivity contribution in [3.05, 3.63) is 28.5 Å². The Morgan fingerprint density at radius 2 is 2.21 bits per heavy atom. The minimum atomic E-state index is -0.546. The van der Waals surface area contributed by atoms with Gasteiger partial charge in [0.05, 0.1) is 4.47 Å². The number of ketones is 1. The molecule has 0 fully saturated rings. The van der Waals surface area contributed by atoms with Crippen molar-refractivity contribution < 1.29 is 13.9 Å². The van der Waals surface area contributed by atoms with Crippen molar-refractivity contribution in [1.29, 1.82) is 0 Å². The maximum absolute atomic E-state index is 13.0. The number of hydrogen-bond acceptors (Lipinski definition) is 2. The first-order valence-electron chi connectivity index (χ1n) is 4.13. The molecule has 0 aromatic heterocycles. The first kappa shape index (κ1) is 11.2. The van der Waals surface area contributed by atoms with Crippen LogP contribution < -0.4 is 4.74 Å². The summed E-state index contributed by atoms with van der Waals surface area (Å²) in [4.78, 5) is 10.9. The van der Waals surface area contributed by atoms with E-state index in [1.54, 1.807) is 13.0 Å². The van der Waals surface area contributed by atoms with Crippen molar-refractivity contribution in [3.63, 3.8) is 0 Å². The number of hydrogen-bond donors (Lipinski definition) is 0. The van der Waals surface area contributed by atoms with Gasteiger partial charge in [-0.15, -0.1) is 0 Å². The van der Waals surface area contributed by atoms with E-state index in [2.05, 4.69) is 15.9 Å². The second-order valence-corrected chi connectivity index (χ2v) is 3.80. The van der Waals surface area contributed by atoms with Crippen LogP contribution in [0.2, 0.25) is 0 Å². The fourth-order valence-corrected chi connectivity index (χ4v) is 1.08. The monoisotopic (exact) mass is 260 g/mol. The summed E-state index contributed by atoms with van der Waals surface area (Å²) in [6, 6.07) is 4.38. The van der Waals surface area contributed by atoms with Crippen molar-refractivity contribution in [2.75, 3.05) is 0 Å². The molecule has 1 aromatic carbocycles. The molecular weight excluding hydrogens is 251 g/mol. The molecule has 76 valence electrons. The van der Waals surface area contributed by atoms with Crippen LogP contribution in [0.15, 0.2) is 22.7 Å². The van der Waals surface area contributed by atoms with Crippen LogP contribution in [0.1, 0.15) is 13.8 Å². The van der Waals surface area contributed by atoms with E-state index in [-0.39, 0.29) is 5.78 Å². The number of rotatable bonds is 3. The van der Waals surface area contributed by atoms with Gasteiger partial charge in [0.2, 0.25) is 0 Å². The highest BCUT2D eigenvalue weighted by molar-refractivity contribution is 9.10. The highest BCUT2D eigenvalue weighted by Crippen LogP contribution is 2.21. The summed E-state index contributed by atoms with van der Waals surface area (Å²) in [5.41, 5.74) is 0. The average Bonchev–Trinajstić information content (AvgIpc) is 2.11. The highest BCUT2D eigenvalue weighted by Gasteiger charge is 2.10. The fourth-order valence-electron chi connectivity index (χ4n) is 0.837. The molecule has 1 unspecified atom stereocenters. The van der Waals surface area contributed by atoms with E-state index in [0.29, 0.717) is 10.2 Å². The third-order valence-electron chi connectivity index (χ3n) is 1.78. The fraction of sp³-hybridized carbons (Fsp3) is 0.300. The van der Waals surface area contributed by atoms with Gasteiger partial charge in [-0.2, -0.15) is 0 Å². The number of Topliss-reactive ketones (excluding diaryl/α,β-unsaturated/α-hetero) is 1. The zero-order chi connectivity index (χ0) is 10.7. The third kappa shape index (κ3) is 2.80. The second-order valence-electron chi connectivity index (χ2n) is 2.95. The summed E-state index contributed by atoms with van der Waals surface area (Å²) >= 11 is 3.03. The van der Waals surface area contributed by atoms with E-state index in [9.17, 15) is 9.18 Å². The molecule has 4 heteroatoms. The average molecular weight is 261 g/mol. The maximum Gasteiger partial charge on any atom is 0.169 e. The van der Waals surface area contributed by atoms with E-state index in [1.165, 1.54) is 19.1 Å². The van der Waals surface area contributed by atoms with Crippen LogP contribution in [0, 0.1) is 5.82 Å². The SMILES string of the molecule is CC(=O)C(C)Oc1ccc(Br)c(F)c1. The standard InChI is InChI=1S/C10H10BrFO2/c1-6(13)7(2)14-8-3-4-9(11)10(12)5-8/h3-5,7H,1-2H3. The van der Waals surface area contributed by atoms with Crippen molar-refractivity contribution in [1.82, 2.24) is 0 Å². The molecule has 0 saturated heterocycles. The molecule has 1 atom stereocenters. The van der Waals surface area contributed by atoms with Crippen molar-refractivity contribution in [3.8, 4) is 5.75 Å². The number of benzene rings is 1. The smallest absolute Gasteiger partial charge is 0.169 e. The summed E-state index contributed by atoms with van der Waals surface area (Å²) in [6.45, 7) is 3.06. The molecule has 0 aliphatic rings. The van der Waals surface area contributed by atoms with E-state index in [1.807, 2.05) is 0 Å². The summed E-state index contributed by atoms with van der Waals surface area (Å²) < 4.78 is 18.6. The zero-order valence-corrected chi connectivity index (χ0v) is 9.47. The highest BCUT2D eigenvalue weighted by atomic mass is 79.9. The molecule has 0 aliphatic heterocycles. The van der Waals surface area contributed by atoms with Gasteiger partial charge < -0.3 is 4.74 Å². The lowest BCUT2D eigenvalue weighted by Crippen LogP contribution is -2.20. The van der Waals surface area contributed by atoms with Crippen molar-refractivity contribution in [2.24, 2.45) is 0 Å². The summed E-state index contributed by atoms with van der Waals surface area (Å²) in [7, 11) is 0. The molecule has 1 rings (SSSR count). The van der Waals surface area contributed by atoms with Crippen LogP contribution in [0.25, 0.3) is 0 Å². The van der Waals surface area contributed by atoms with Crippen LogP contribution in [0.4, 0.5) is 4.39 Å². The van der Waals surface area contributed by atoms with E-state index >= 15 is 0 Å². The minimum absolute atomic E-state index is 0.0895. The van der Waals surface area contributed by atoms with Crippen LogP contribution in [-0.4, -0.2) is 11.9 Å². The quantitative estimate of drug-likeness (QED) is 0.836. The summed E-state index contributed by atoms with van der Waals surface area (Å²) in [5.74, 6) is -0.139. The van der Waals surface area contributed by atoms with E-state index in [0.717, 1.165) is 0 Å². The van der Waals surface area contributed by atoms with Gasteiger partial charge >= 0.3 is 0 Å². The van der Waals surface area contributed by atoms with Gasteiger partial charge in [0.25, 0.3) is 0 Å². The molecule has 0 bridgehead atoms. The molecule has 0 heterocycles. The molecule has 0 amide bonds. The zero-order valence-electron chi connectivity index (χ0n) is 7.88. The normalized spacial score (nSPS) is 12.3. The molecule has 0 saturated carbocycles. The van der Waals surface area contributed by atoms with E-state index in [4.69, 9.17) is 4.74 Å². The minimum Gasteiger partial charge on any atom is -0.483 e. The molecule has 0 radical (unpaired) electrons. The maximum atomic E-state index is 13.0. The lowest BCUT2D eigenvalue weighted by molar-refractivity contribution is -0.122. The number of carbonyl (C=O) groups is 1. The first-order valence-corrected chi connectivity index (χ1v) is 4.92. The molecule has 2 nitrogen and oxygen atoms in total. The lowest BCUT2D eigenvalue weighted by Gasteiger charge is -2.11. The predicted molar refractivity (Wildman–Crippen MR) is 54.9 cm³/mol. The van der Waals surface area contributed by atoms with Gasteiger partial charge in [0.15, 0.2) is 11.9 Å². The summed E-state index contributed by atoms with van der Waals surface area (Å²) in [5, 5.41) is 0. The van der Waals surface area contributed by atoms with Gasteiger partial charge in [-0.05, 0) is 41.9 Å². The lowest BCUT2D eigenvalue weighted by atomic mass is 10.3. The second kappa shape index (κ2) is 4.55. The Morgan fingerprint density at radius 3 is 2.71 bits per heavy atom. The van der Waals surface area contributed by atoms with Crippen LogP contribution in [-0.2, 0) is 4.79 Å². The van der Waals surface area contributed by atoms with Gasteiger partial charge in [0, 0.05) is 6.07 Å². The Labute approximate surface area is 90.2 Å².